The van der Waals surface area contributed by atoms with Crippen LogP contribution in [0.15, 0.2) is 60.2 Å². The maximum Gasteiger partial charge on any atom is 0.266 e. The van der Waals surface area contributed by atoms with Gasteiger partial charge in [0.05, 0.1) is 0 Å². The van der Waals surface area contributed by atoms with Gasteiger partial charge >= 0.3 is 0 Å². The molecule has 1 amide bonds. The number of amides is 1. The Morgan fingerprint density at radius 1 is 1.11 bits per heavy atom. The molecule has 0 bridgehead atoms. The molecule has 1 N–H and O–H groups in total. The molecule has 4 nitrogen and oxygen atoms in total. The van der Waals surface area contributed by atoms with E-state index in [1.165, 1.54) is 24.3 Å². The largest absolute Gasteiger partial charge is 0.321 e. The minimum absolute atomic E-state index is 0.0196. The Bertz CT molecular complexity index is 1100. The number of aromatic nitrogens is 1. The molecule has 5 heteroatoms. The van der Waals surface area contributed by atoms with Crippen molar-refractivity contribution >= 4 is 17.7 Å². The van der Waals surface area contributed by atoms with E-state index in [4.69, 9.17) is 0 Å². The summed E-state index contributed by atoms with van der Waals surface area (Å²) in [6.45, 7) is 5.97. The summed E-state index contributed by atoms with van der Waals surface area (Å²) < 4.78 is 15.1. The molecular weight excluding hydrogens is 353 g/mol. The van der Waals surface area contributed by atoms with E-state index >= 15 is 0 Å². The van der Waals surface area contributed by atoms with Crippen LogP contribution in [0.25, 0.3) is 11.8 Å². The van der Waals surface area contributed by atoms with Crippen LogP contribution >= 0.6 is 0 Å². The van der Waals surface area contributed by atoms with Gasteiger partial charge in [-0.2, -0.15) is 5.26 Å². The van der Waals surface area contributed by atoms with Crippen molar-refractivity contribution in [3.63, 3.8) is 0 Å². The first-order valence-electron chi connectivity index (χ1n) is 8.83. The zero-order chi connectivity index (χ0) is 20.3. The number of aryl methyl sites for hydroxylation is 2. The molecular formula is C23H20FN3O. The molecule has 1 heterocycles. The number of benzene rings is 2. The smallest absolute Gasteiger partial charge is 0.266 e. The number of nitrogens with zero attached hydrogens (tertiary/aromatic N) is 2. The van der Waals surface area contributed by atoms with E-state index in [0.717, 1.165) is 28.2 Å². The van der Waals surface area contributed by atoms with Gasteiger partial charge in [-0.15, -0.1) is 0 Å². The van der Waals surface area contributed by atoms with Gasteiger partial charge in [-0.25, -0.2) is 4.39 Å². The minimum atomic E-state index is -0.533. The molecule has 140 valence electrons. The van der Waals surface area contributed by atoms with Gasteiger partial charge in [-0.1, -0.05) is 12.1 Å². The van der Waals surface area contributed by atoms with E-state index in [9.17, 15) is 14.4 Å². The first-order chi connectivity index (χ1) is 13.4. The molecule has 0 unspecified atom stereocenters. The highest BCUT2D eigenvalue weighted by Gasteiger charge is 2.14. The highest BCUT2D eigenvalue weighted by Crippen LogP contribution is 2.23. The zero-order valence-electron chi connectivity index (χ0n) is 16.0. The average Bonchev–Trinajstić information content (AvgIpc) is 2.94. The maximum atomic E-state index is 13.0. The standard InChI is InChI=1S/C23H20FN3O/c1-15-5-4-6-22(11-15)27-16(2)12-18(17(27)3)13-19(14-25)23(28)26-21-9-7-20(24)8-10-21/h4-13H,1-3H3,(H,26,28)/b19-13+. The van der Waals surface area contributed by atoms with Crippen LogP contribution in [0.2, 0.25) is 0 Å². The summed E-state index contributed by atoms with van der Waals surface area (Å²) >= 11 is 0. The van der Waals surface area contributed by atoms with E-state index in [2.05, 4.69) is 16.0 Å². The maximum absolute atomic E-state index is 13.0. The van der Waals surface area contributed by atoms with Crippen LogP contribution in [0.3, 0.4) is 0 Å². The van der Waals surface area contributed by atoms with E-state index in [0.29, 0.717) is 5.69 Å². The van der Waals surface area contributed by atoms with Gasteiger partial charge in [-0.05, 0) is 80.4 Å². The number of hydrogen-bond donors (Lipinski definition) is 1. The molecule has 0 saturated carbocycles. The topological polar surface area (TPSA) is 57.8 Å². The summed E-state index contributed by atoms with van der Waals surface area (Å²) in [6, 6.07) is 17.4. The van der Waals surface area contributed by atoms with Gasteiger partial charge in [0, 0.05) is 22.8 Å². The Hall–Kier alpha value is -3.65. The normalized spacial score (nSPS) is 11.2. The molecule has 0 fully saturated rings. The molecule has 0 saturated heterocycles. The highest BCUT2D eigenvalue weighted by molar-refractivity contribution is 6.09. The summed E-state index contributed by atoms with van der Waals surface area (Å²) in [5.74, 6) is -0.924. The molecule has 0 aliphatic rings. The van der Waals surface area contributed by atoms with E-state index in [1.807, 2.05) is 51.1 Å². The van der Waals surface area contributed by atoms with Gasteiger partial charge in [-0.3, -0.25) is 4.79 Å². The molecule has 1 aromatic heterocycles. The summed E-state index contributed by atoms with van der Waals surface area (Å²) in [6.07, 6.45) is 1.58. The van der Waals surface area contributed by atoms with Crippen molar-refractivity contribution in [2.45, 2.75) is 20.8 Å². The number of carbonyl (C=O) groups is 1. The zero-order valence-corrected chi connectivity index (χ0v) is 16.0. The molecule has 28 heavy (non-hydrogen) atoms. The van der Waals surface area contributed by atoms with E-state index in [-0.39, 0.29) is 5.57 Å². The van der Waals surface area contributed by atoms with Gasteiger partial charge < -0.3 is 9.88 Å². The second-order valence-electron chi connectivity index (χ2n) is 6.63. The van der Waals surface area contributed by atoms with Gasteiger partial charge in [0.2, 0.25) is 0 Å². The van der Waals surface area contributed by atoms with Crippen LogP contribution in [0.4, 0.5) is 10.1 Å². The molecule has 3 aromatic rings. The number of nitriles is 1. The lowest BCUT2D eigenvalue weighted by molar-refractivity contribution is -0.112. The molecule has 0 spiro atoms. The Morgan fingerprint density at radius 2 is 1.82 bits per heavy atom. The number of halogens is 1. The van der Waals surface area contributed by atoms with Crippen LogP contribution in [-0.4, -0.2) is 10.5 Å². The second kappa shape index (κ2) is 7.93. The first-order valence-corrected chi connectivity index (χ1v) is 8.83. The van der Waals surface area contributed by atoms with Crippen molar-refractivity contribution < 1.29 is 9.18 Å². The lowest BCUT2D eigenvalue weighted by Gasteiger charge is -2.10. The number of nitrogens with one attached hydrogen (secondary N) is 1. The van der Waals surface area contributed by atoms with Crippen molar-refractivity contribution in [1.29, 1.82) is 5.26 Å². The summed E-state index contributed by atoms with van der Waals surface area (Å²) in [4.78, 5) is 12.4. The molecule has 3 rings (SSSR count). The number of carbonyl (C=O) groups excluding carboxylic acids is 1. The van der Waals surface area contributed by atoms with E-state index in [1.54, 1.807) is 6.08 Å². The molecule has 0 aliphatic heterocycles. The predicted octanol–water partition coefficient (Wildman–Crippen LogP) is 5.09. The quantitative estimate of drug-likeness (QED) is 0.512. The third-order valence-electron chi connectivity index (χ3n) is 4.50. The number of hydrogen-bond acceptors (Lipinski definition) is 2. The Labute approximate surface area is 163 Å². The van der Waals surface area contributed by atoms with Gasteiger partial charge in [0.15, 0.2) is 0 Å². The molecule has 0 radical (unpaired) electrons. The lowest BCUT2D eigenvalue weighted by Crippen LogP contribution is -2.13. The van der Waals surface area contributed by atoms with Crippen LogP contribution in [0.5, 0.6) is 0 Å². The summed E-state index contributed by atoms with van der Waals surface area (Å²) in [5, 5.41) is 12.1. The monoisotopic (exact) mass is 373 g/mol. The predicted molar refractivity (Wildman–Crippen MR) is 109 cm³/mol. The van der Waals surface area contributed by atoms with Crippen LogP contribution in [0.1, 0.15) is 22.5 Å². The number of rotatable bonds is 4. The third-order valence-corrected chi connectivity index (χ3v) is 4.50. The van der Waals surface area contributed by atoms with Crippen LogP contribution < -0.4 is 5.32 Å². The third kappa shape index (κ3) is 4.02. The number of anilines is 1. The van der Waals surface area contributed by atoms with Crippen LogP contribution in [0, 0.1) is 37.9 Å². The fraction of sp³-hybridized carbons (Fsp3) is 0.130. The molecule has 0 aliphatic carbocycles. The van der Waals surface area contributed by atoms with Crippen molar-refractivity contribution in [2.24, 2.45) is 0 Å². The first kappa shape index (κ1) is 19.1. The molecule has 0 atom stereocenters. The minimum Gasteiger partial charge on any atom is -0.321 e. The van der Waals surface area contributed by atoms with Crippen molar-refractivity contribution in [1.82, 2.24) is 4.57 Å². The average molecular weight is 373 g/mol. The Kier molecular flexibility index (Phi) is 5.42. The van der Waals surface area contributed by atoms with Gasteiger partial charge in [0.25, 0.3) is 5.91 Å². The molecule has 2 aromatic carbocycles. The Balaban J connectivity index is 1.93. The Morgan fingerprint density at radius 3 is 2.46 bits per heavy atom. The summed E-state index contributed by atoms with van der Waals surface area (Å²) in [5.41, 5.74) is 5.33. The highest BCUT2D eigenvalue weighted by atomic mass is 19.1. The fourth-order valence-corrected chi connectivity index (χ4v) is 3.13. The van der Waals surface area contributed by atoms with Gasteiger partial charge in [0.1, 0.15) is 17.5 Å². The summed E-state index contributed by atoms with van der Waals surface area (Å²) in [7, 11) is 0. The second-order valence-corrected chi connectivity index (χ2v) is 6.63. The fourth-order valence-electron chi connectivity index (χ4n) is 3.13. The van der Waals surface area contributed by atoms with Crippen molar-refractivity contribution in [3.8, 4) is 11.8 Å². The SMILES string of the molecule is Cc1cccc(-n2c(C)cc(/C=C(\C#N)C(=O)Nc3ccc(F)cc3)c2C)c1. The van der Waals surface area contributed by atoms with Crippen molar-refractivity contribution in [3.05, 3.63) is 88.5 Å². The van der Waals surface area contributed by atoms with Crippen molar-refractivity contribution in [2.75, 3.05) is 5.32 Å². The van der Waals surface area contributed by atoms with E-state index < -0.39 is 11.7 Å². The van der Waals surface area contributed by atoms with Crippen LogP contribution in [-0.2, 0) is 4.79 Å². The lowest BCUT2D eigenvalue weighted by atomic mass is 10.1.